The highest BCUT2D eigenvalue weighted by molar-refractivity contribution is 5.76. The number of benzene rings is 1. The molecule has 0 spiro atoms. The van der Waals surface area contributed by atoms with Crippen LogP contribution >= 0.6 is 0 Å². The third-order valence-electron chi connectivity index (χ3n) is 3.94. The molecule has 2 heterocycles. The van der Waals surface area contributed by atoms with Crippen LogP contribution in [0.4, 0.5) is 0 Å². The fourth-order valence-electron chi connectivity index (χ4n) is 2.92. The van der Waals surface area contributed by atoms with Crippen LogP contribution in [0.1, 0.15) is 18.3 Å². The van der Waals surface area contributed by atoms with Crippen molar-refractivity contribution in [3.63, 3.8) is 0 Å². The Labute approximate surface area is 114 Å². The first kappa shape index (κ1) is 12.6. The van der Waals surface area contributed by atoms with E-state index < -0.39 is 0 Å². The third kappa shape index (κ3) is 2.51. The maximum Gasteiger partial charge on any atom is 0.106 e. The van der Waals surface area contributed by atoms with Crippen molar-refractivity contribution in [2.24, 2.45) is 0 Å². The van der Waals surface area contributed by atoms with Crippen LogP contribution in [-0.4, -0.2) is 40.6 Å². The maximum absolute atomic E-state index is 4.67. The van der Waals surface area contributed by atoms with Gasteiger partial charge in [-0.2, -0.15) is 0 Å². The first-order valence-electron chi connectivity index (χ1n) is 7.17. The van der Waals surface area contributed by atoms with Crippen LogP contribution in [0.15, 0.2) is 18.2 Å². The average molecular weight is 258 g/mol. The molecule has 4 nitrogen and oxygen atoms in total. The highest BCUT2D eigenvalue weighted by atomic mass is 15.2. The zero-order valence-electron chi connectivity index (χ0n) is 11.8. The van der Waals surface area contributed by atoms with Crippen LogP contribution in [0.5, 0.6) is 0 Å². The predicted molar refractivity (Wildman–Crippen MR) is 78.3 cm³/mol. The summed E-state index contributed by atoms with van der Waals surface area (Å²) >= 11 is 0. The highest BCUT2D eigenvalue weighted by Gasteiger charge is 2.11. The number of hydrogen-bond acceptors (Lipinski definition) is 3. The number of aryl methyl sites for hydroxylation is 2. The molecule has 19 heavy (non-hydrogen) atoms. The Bertz CT molecular complexity index is 567. The summed E-state index contributed by atoms with van der Waals surface area (Å²) in [5.41, 5.74) is 3.76. The van der Waals surface area contributed by atoms with Gasteiger partial charge in [0.05, 0.1) is 11.0 Å². The van der Waals surface area contributed by atoms with Gasteiger partial charge in [0, 0.05) is 39.3 Å². The Morgan fingerprint density at radius 1 is 1.26 bits per heavy atom. The van der Waals surface area contributed by atoms with Gasteiger partial charge in [0.2, 0.25) is 0 Å². The van der Waals surface area contributed by atoms with Gasteiger partial charge >= 0.3 is 0 Å². The molecule has 0 bridgehead atoms. The van der Waals surface area contributed by atoms with E-state index in [1.54, 1.807) is 0 Å². The summed E-state index contributed by atoms with van der Waals surface area (Å²) < 4.78 is 2.27. The van der Waals surface area contributed by atoms with Crippen molar-refractivity contribution in [1.29, 1.82) is 0 Å². The zero-order chi connectivity index (χ0) is 13.2. The minimum Gasteiger partial charge on any atom is -0.329 e. The lowest BCUT2D eigenvalue weighted by Gasteiger charge is -2.27. The van der Waals surface area contributed by atoms with Crippen molar-refractivity contribution in [1.82, 2.24) is 19.8 Å². The Morgan fingerprint density at radius 3 is 2.79 bits per heavy atom. The molecular formula is C15H22N4. The minimum absolute atomic E-state index is 0.986. The third-order valence-corrected chi connectivity index (χ3v) is 3.94. The van der Waals surface area contributed by atoms with E-state index in [2.05, 4.69) is 51.8 Å². The molecule has 0 aliphatic carbocycles. The summed E-state index contributed by atoms with van der Waals surface area (Å²) in [7, 11) is 0. The summed E-state index contributed by atoms with van der Waals surface area (Å²) in [6.07, 6.45) is 0. The van der Waals surface area contributed by atoms with Crippen molar-refractivity contribution in [2.45, 2.75) is 26.9 Å². The Hall–Kier alpha value is -1.39. The number of rotatable bonds is 3. The average Bonchev–Trinajstić information content (AvgIpc) is 2.74. The Balaban J connectivity index is 1.85. The van der Waals surface area contributed by atoms with Gasteiger partial charge < -0.3 is 9.88 Å². The summed E-state index contributed by atoms with van der Waals surface area (Å²) in [5, 5.41) is 3.39. The van der Waals surface area contributed by atoms with E-state index in [4.69, 9.17) is 0 Å². The highest BCUT2D eigenvalue weighted by Crippen LogP contribution is 2.18. The number of aromatic nitrogens is 2. The quantitative estimate of drug-likeness (QED) is 0.911. The molecule has 1 aromatic carbocycles. The van der Waals surface area contributed by atoms with E-state index in [1.165, 1.54) is 11.1 Å². The second-order valence-electron chi connectivity index (χ2n) is 5.25. The molecule has 3 rings (SSSR count). The van der Waals surface area contributed by atoms with E-state index >= 15 is 0 Å². The lowest BCUT2D eigenvalue weighted by molar-refractivity contribution is 0.233. The van der Waals surface area contributed by atoms with Crippen LogP contribution in [0.2, 0.25) is 0 Å². The molecular weight excluding hydrogens is 236 g/mol. The van der Waals surface area contributed by atoms with Crippen molar-refractivity contribution in [3.05, 3.63) is 29.6 Å². The van der Waals surface area contributed by atoms with Crippen molar-refractivity contribution < 1.29 is 0 Å². The largest absolute Gasteiger partial charge is 0.329 e. The molecule has 0 unspecified atom stereocenters. The van der Waals surface area contributed by atoms with Gasteiger partial charge in [-0.3, -0.25) is 4.90 Å². The van der Waals surface area contributed by atoms with Crippen molar-refractivity contribution in [3.8, 4) is 0 Å². The number of nitrogens with one attached hydrogen (secondary N) is 1. The predicted octanol–water partition coefficient (Wildman–Crippen LogP) is 1.77. The second-order valence-corrected chi connectivity index (χ2v) is 5.25. The molecule has 102 valence electrons. The number of fused-ring (bicyclic) bond motifs is 1. The number of imidazole rings is 1. The van der Waals surface area contributed by atoms with Crippen LogP contribution in [0, 0.1) is 6.92 Å². The van der Waals surface area contributed by atoms with E-state index in [9.17, 15) is 0 Å². The SMILES string of the molecule is CCn1c(C)nc2cc(CN3CCNCC3)ccc21. The van der Waals surface area contributed by atoms with Crippen molar-refractivity contribution in [2.75, 3.05) is 26.2 Å². The Morgan fingerprint density at radius 2 is 2.05 bits per heavy atom. The fourth-order valence-corrected chi connectivity index (χ4v) is 2.92. The number of hydrogen-bond donors (Lipinski definition) is 1. The summed E-state index contributed by atoms with van der Waals surface area (Å²) in [6.45, 7) is 10.8. The zero-order valence-corrected chi connectivity index (χ0v) is 11.8. The van der Waals surface area contributed by atoms with E-state index in [0.717, 1.165) is 50.6 Å². The van der Waals surface area contributed by atoms with Gasteiger partial charge in [0.1, 0.15) is 5.82 Å². The molecule has 4 heteroatoms. The van der Waals surface area contributed by atoms with Gasteiger partial charge in [0.15, 0.2) is 0 Å². The van der Waals surface area contributed by atoms with Gasteiger partial charge in [-0.25, -0.2) is 4.98 Å². The molecule has 1 saturated heterocycles. The fraction of sp³-hybridized carbons (Fsp3) is 0.533. The van der Waals surface area contributed by atoms with Gasteiger partial charge in [-0.1, -0.05) is 6.07 Å². The normalized spacial score (nSPS) is 17.2. The molecule has 0 amide bonds. The monoisotopic (exact) mass is 258 g/mol. The number of piperazine rings is 1. The summed E-state index contributed by atoms with van der Waals surface area (Å²) in [6, 6.07) is 6.71. The smallest absolute Gasteiger partial charge is 0.106 e. The van der Waals surface area contributed by atoms with Gasteiger partial charge in [-0.15, -0.1) is 0 Å². The van der Waals surface area contributed by atoms with Crippen molar-refractivity contribution >= 4 is 11.0 Å². The van der Waals surface area contributed by atoms with Crippen LogP contribution in [0.25, 0.3) is 11.0 Å². The molecule has 1 aliphatic rings. The van der Waals surface area contributed by atoms with E-state index in [1.807, 2.05) is 0 Å². The summed E-state index contributed by atoms with van der Waals surface area (Å²) in [5.74, 6) is 1.11. The first-order chi connectivity index (χ1) is 9.28. The molecule has 0 atom stereocenters. The number of nitrogens with zero attached hydrogens (tertiary/aromatic N) is 3. The van der Waals surface area contributed by atoms with Gasteiger partial charge in [0.25, 0.3) is 0 Å². The topological polar surface area (TPSA) is 33.1 Å². The molecule has 1 N–H and O–H groups in total. The first-order valence-corrected chi connectivity index (χ1v) is 7.17. The lowest BCUT2D eigenvalue weighted by atomic mass is 10.1. The second kappa shape index (κ2) is 5.31. The molecule has 0 saturated carbocycles. The molecule has 2 aromatic rings. The van der Waals surface area contributed by atoms with Gasteiger partial charge in [-0.05, 0) is 31.5 Å². The molecule has 1 aromatic heterocycles. The maximum atomic E-state index is 4.67. The summed E-state index contributed by atoms with van der Waals surface area (Å²) in [4.78, 5) is 7.17. The molecule has 1 fully saturated rings. The standard InChI is InChI=1S/C15H22N4/c1-3-19-12(2)17-14-10-13(4-5-15(14)19)11-18-8-6-16-7-9-18/h4-5,10,16H,3,6-9,11H2,1-2H3. The lowest BCUT2D eigenvalue weighted by Crippen LogP contribution is -2.42. The Kier molecular flexibility index (Phi) is 3.53. The van der Waals surface area contributed by atoms with Crippen LogP contribution in [0.3, 0.4) is 0 Å². The van der Waals surface area contributed by atoms with E-state index in [-0.39, 0.29) is 0 Å². The molecule has 1 aliphatic heterocycles. The van der Waals surface area contributed by atoms with E-state index in [0.29, 0.717) is 0 Å². The molecule has 0 radical (unpaired) electrons. The van der Waals surface area contributed by atoms with Crippen LogP contribution < -0.4 is 5.32 Å². The minimum atomic E-state index is 0.986. The van der Waals surface area contributed by atoms with Crippen LogP contribution in [-0.2, 0) is 13.1 Å².